The summed E-state index contributed by atoms with van der Waals surface area (Å²) in [6, 6.07) is 0.544. The summed E-state index contributed by atoms with van der Waals surface area (Å²) in [5.74, 6) is 0. The van der Waals surface area contributed by atoms with Crippen LogP contribution in [0.1, 0.15) is 37.1 Å². The molecule has 1 atom stereocenters. The monoisotopic (exact) mass is 179 g/mol. The van der Waals surface area contributed by atoms with E-state index in [-0.39, 0.29) is 0 Å². The molecule has 1 aliphatic carbocycles. The van der Waals surface area contributed by atoms with Gasteiger partial charge in [-0.3, -0.25) is 4.68 Å². The van der Waals surface area contributed by atoms with Gasteiger partial charge in [0.05, 0.1) is 6.20 Å². The van der Waals surface area contributed by atoms with Gasteiger partial charge in [-0.05, 0) is 25.8 Å². The third kappa shape index (κ3) is 1.48. The lowest BCUT2D eigenvalue weighted by Crippen LogP contribution is -2.24. The molecular formula is C10H17N3. The summed E-state index contributed by atoms with van der Waals surface area (Å²) >= 11 is 0. The Labute approximate surface area is 79.1 Å². The zero-order valence-corrected chi connectivity index (χ0v) is 8.38. The average molecular weight is 179 g/mol. The topological polar surface area (TPSA) is 29.9 Å². The molecule has 13 heavy (non-hydrogen) atoms. The van der Waals surface area contributed by atoms with Gasteiger partial charge in [-0.1, -0.05) is 6.92 Å². The standard InChI is InChI=1S/C10H17N3/c1-3-11-9-5-4-6-10-8(9)7-12-13(10)2/h7,9,11H,3-6H2,1-2H3. The summed E-state index contributed by atoms with van der Waals surface area (Å²) in [6.07, 6.45) is 5.74. The Balaban J connectivity index is 2.27. The molecule has 0 saturated carbocycles. The third-order valence-electron chi connectivity index (χ3n) is 2.83. The van der Waals surface area contributed by atoms with E-state index in [2.05, 4.69) is 17.3 Å². The Morgan fingerprint density at radius 1 is 1.69 bits per heavy atom. The number of fused-ring (bicyclic) bond motifs is 1. The van der Waals surface area contributed by atoms with Crippen molar-refractivity contribution in [2.24, 2.45) is 7.05 Å². The van der Waals surface area contributed by atoms with Gasteiger partial charge in [0.1, 0.15) is 0 Å². The first-order valence-corrected chi connectivity index (χ1v) is 5.07. The van der Waals surface area contributed by atoms with Crippen molar-refractivity contribution in [1.29, 1.82) is 0 Å². The molecule has 0 fully saturated rings. The van der Waals surface area contributed by atoms with Gasteiger partial charge in [-0.25, -0.2) is 0 Å². The van der Waals surface area contributed by atoms with Crippen molar-refractivity contribution in [2.45, 2.75) is 32.2 Å². The van der Waals surface area contributed by atoms with E-state index >= 15 is 0 Å². The summed E-state index contributed by atoms with van der Waals surface area (Å²) in [5.41, 5.74) is 2.83. The maximum Gasteiger partial charge on any atom is 0.0540 e. The Hall–Kier alpha value is -0.830. The summed E-state index contributed by atoms with van der Waals surface area (Å²) < 4.78 is 2.01. The minimum atomic E-state index is 0.544. The maximum absolute atomic E-state index is 4.31. The molecule has 0 bridgehead atoms. The van der Waals surface area contributed by atoms with Crippen LogP contribution in [0.2, 0.25) is 0 Å². The van der Waals surface area contributed by atoms with Crippen molar-refractivity contribution in [3.05, 3.63) is 17.5 Å². The van der Waals surface area contributed by atoms with Gasteiger partial charge in [-0.15, -0.1) is 0 Å². The first kappa shape index (κ1) is 8.75. The summed E-state index contributed by atoms with van der Waals surface area (Å²) in [7, 11) is 2.03. The van der Waals surface area contributed by atoms with E-state index in [4.69, 9.17) is 0 Å². The van der Waals surface area contributed by atoms with E-state index in [1.807, 2.05) is 17.9 Å². The summed E-state index contributed by atoms with van der Waals surface area (Å²) in [6.45, 7) is 3.20. The molecule has 1 unspecified atom stereocenters. The molecule has 1 N–H and O–H groups in total. The van der Waals surface area contributed by atoms with Crippen LogP contribution < -0.4 is 5.32 Å². The lowest BCUT2D eigenvalue weighted by atomic mass is 9.93. The number of nitrogens with zero attached hydrogens (tertiary/aromatic N) is 2. The molecule has 0 radical (unpaired) electrons. The van der Waals surface area contributed by atoms with Crippen LogP contribution in [0.15, 0.2) is 6.20 Å². The molecule has 1 aromatic heterocycles. The van der Waals surface area contributed by atoms with E-state index in [9.17, 15) is 0 Å². The molecule has 1 aromatic rings. The van der Waals surface area contributed by atoms with Crippen molar-refractivity contribution < 1.29 is 0 Å². The molecule has 1 aliphatic rings. The predicted molar refractivity (Wildman–Crippen MR) is 52.6 cm³/mol. The lowest BCUT2D eigenvalue weighted by Gasteiger charge is -2.23. The first-order valence-electron chi connectivity index (χ1n) is 5.07. The van der Waals surface area contributed by atoms with Crippen LogP contribution in [0.4, 0.5) is 0 Å². The molecule has 2 rings (SSSR count). The number of aryl methyl sites for hydroxylation is 1. The summed E-state index contributed by atoms with van der Waals surface area (Å²) in [5, 5.41) is 7.81. The number of rotatable bonds is 2. The van der Waals surface area contributed by atoms with Crippen molar-refractivity contribution in [2.75, 3.05) is 6.54 Å². The van der Waals surface area contributed by atoms with Gasteiger partial charge >= 0.3 is 0 Å². The summed E-state index contributed by atoms with van der Waals surface area (Å²) in [4.78, 5) is 0. The molecule has 3 heteroatoms. The van der Waals surface area contributed by atoms with Crippen LogP contribution in [0.3, 0.4) is 0 Å². The van der Waals surface area contributed by atoms with Crippen LogP contribution in [0.5, 0.6) is 0 Å². The minimum absolute atomic E-state index is 0.544. The fourth-order valence-corrected chi connectivity index (χ4v) is 2.16. The lowest BCUT2D eigenvalue weighted by molar-refractivity contribution is 0.463. The molecule has 0 saturated heterocycles. The first-order chi connectivity index (χ1) is 6.33. The van der Waals surface area contributed by atoms with E-state index in [1.54, 1.807) is 0 Å². The van der Waals surface area contributed by atoms with Gasteiger partial charge in [0.25, 0.3) is 0 Å². The Kier molecular flexibility index (Phi) is 2.36. The second-order valence-electron chi connectivity index (χ2n) is 3.67. The molecule has 3 nitrogen and oxygen atoms in total. The zero-order chi connectivity index (χ0) is 9.26. The van der Waals surface area contributed by atoms with Crippen LogP contribution >= 0.6 is 0 Å². The number of hydrogen-bond donors (Lipinski definition) is 1. The Morgan fingerprint density at radius 3 is 3.31 bits per heavy atom. The normalized spacial score (nSPS) is 21.5. The second-order valence-corrected chi connectivity index (χ2v) is 3.67. The van der Waals surface area contributed by atoms with E-state index < -0.39 is 0 Å². The number of nitrogens with one attached hydrogen (secondary N) is 1. The highest BCUT2D eigenvalue weighted by molar-refractivity contribution is 5.24. The van der Waals surface area contributed by atoms with Gasteiger partial charge in [0, 0.05) is 24.3 Å². The SMILES string of the molecule is CCNC1CCCc2c1cnn2C. The highest BCUT2D eigenvalue weighted by atomic mass is 15.3. The Morgan fingerprint density at radius 2 is 2.54 bits per heavy atom. The van der Waals surface area contributed by atoms with Crippen molar-refractivity contribution >= 4 is 0 Å². The Bertz CT molecular complexity index is 290. The van der Waals surface area contributed by atoms with Crippen molar-refractivity contribution in [3.63, 3.8) is 0 Å². The molecular weight excluding hydrogens is 162 g/mol. The van der Waals surface area contributed by atoms with E-state index in [0.717, 1.165) is 6.54 Å². The van der Waals surface area contributed by atoms with Crippen LogP contribution in [0, 0.1) is 0 Å². The van der Waals surface area contributed by atoms with Crippen LogP contribution in [0.25, 0.3) is 0 Å². The van der Waals surface area contributed by atoms with Gasteiger partial charge < -0.3 is 5.32 Å². The third-order valence-corrected chi connectivity index (χ3v) is 2.83. The van der Waals surface area contributed by atoms with Gasteiger partial charge in [0.2, 0.25) is 0 Å². The molecule has 72 valence electrons. The average Bonchev–Trinajstić information content (AvgIpc) is 2.50. The fraction of sp³-hybridized carbons (Fsp3) is 0.700. The zero-order valence-electron chi connectivity index (χ0n) is 8.38. The largest absolute Gasteiger partial charge is 0.310 e. The highest BCUT2D eigenvalue weighted by Gasteiger charge is 2.21. The maximum atomic E-state index is 4.31. The van der Waals surface area contributed by atoms with E-state index in [1.165, 1.54) is 30.5 Å². The highest BCUT2D eigenvalue weighted by Crippen LogP contribution is 2.28. The number of aromatic nitrogens is 2. The molecule has 1 heterocycles. The van der Waals surface area contributed by atoms with Crippen LogP contribution in [-0.2, 0) is 13.5 Å². The number of hydrogen-bond acceptors (Lipinski definition) is 2. The van der Waals surface area contributed by atoms with Crippen molar-refractivity contribution in [3.8, 4) is 0 Å². The molecule has 0 amide bonds. The molecule has 0 aliphatic heterocycles. The van der Waals surface area contributed by atoms with Crippen molar-refractivity contribution in [1.82, 2.24) is 15.1 Å². The molecule has 0 aromatic carbocycles. The predicted octanol–water partition coefficient (Wildman–Crippen LogP) is 1.41. The van der Waals surface area contributed by atoms with Crippen LogP contribution in [-0.4, -0.2) is 16.3 Å². The smallest absolute Gasteiger partial charge is 0.0540 e. The van der Waals surface area contributed by atoms with Gasteiger partial charge in [0.15, 0.2) is 0 Å². The quantitative estimate of drug-likeness (QED) is 0.744. The minimum Gasteiger partial charge on any atom is -0.310 e. The van der Waals surface area contributed by atoms with Gasteiger partial charge in [-0.2, -0.15) is 5.10 Å². The second kappa shape index (κ2) is 3.50. The fourth-order valence-electron chi connectivity index (χ4n) is 2.16. The molecule has 0 spiro atoms. The van der Waals surface area contributed by atoms with E-state index in [0.29, 0.717) is 6.04 Å².